The van der Waals surface area contributed by atoms with Gasteiger partial charge in [-0.25, -0.2) is 9.07 Å². The molecule has 220 valence electrons. The molecule has 1 atom stereocenters. The van der Waals surface area contributed by atoms with E-state index in [0.29, 0.717) is 11.1 Å². The van der Waals surface area contributed by atoms with E-state index < -0.39 is 29.6 Å². The maximum absolute atomic E-state index is 16.1. The van der Waals surface area contributed by atoms with E-state index >= 15 is 8.78 Å². The number of nitriles is 1. The van der Waals surface area contributed by atoms with Crippen LogP contribution in [-0.2, 0) is 18.1 Å². The average molecular weight is 595 g/mol. The second kappa shape index (κ2) is 10.5. The molecule has 2 aliphatic rings. The zero-order valence-corrected chi connectivity index (χ0v) is 23.3. The number of hydrogen-bond acceptors (Lipinski definition) is 8. The smallest absolute Gasteiger partial charge is 0.323 e. The van der Waals surface area contributed by atoms with Crippen molar-refractivity contribution < 1.29 is 18.3 Å². The maximum atomic E-state index is 16.1. The van der Waals surface area contributed by atoms with Crippen LogP contribution in [0.25, 0.3) is 22.5 Å². The summed E-state index contributed by atoms with van der Waals surface area (Å²) in [6.07, 6.45) is 1.36. The molecule has 2 aromatic heterocycles. The van der Waals surface area contributed by atoms with Gasteiger partial charge < -0.3 is 14.9 Å². The van der Waals surface area contributed by atoms with Gasteiger partial charge in [-0.2, -0.15) is 14.0 Å². The number of benzene rings is 3. The lowest BCUT2D eigenvalue weighted by Gasteiger charge is -2.39. The van der Waals surface area contributed by atoms with Gasteiger partial charge >= 0.3 is 5.92 Å². The van der Waals surface area contributed by atoms with Crippen LogP contribution in [0.3, 0.4) is 0 Å². The monoisotopic (exact) mass is 594 g/mol. The van der Waals surface area contributed by atoms with Gasteiger partial charge in [0.25, 0.3) is 0 Å². The first-order chi connectivity index (χ1) is 21.3. The molecule has 0 spiro atoms. The number of anilines is 2. The highest BCUT2D eigenvalue weighted by atomic mass is 19.3. The molecule has 0 radical (unpaired) electrons. The van der Waals surface area contributed by atoms with E-state index in [0.717, 1.165) is 66.0 Å². The second-order valence-corrected chi connectivity index (χ2v) is 10.9. The molecule has 44 heavy (non-hydrogen) atoms. The largest absolute Gasteiger partial charge is 0.377 e. The Morgan fingerprint density at radius 3 is 2.09 bits per heavy atom. The van der Waals surface area contributed by atoms with Gasteiger partial charge in [0.1, 0.15) is 11.5 Å². The van der Waals surface area contributed by atoms with Crippen molar-refractivity contribution in [3.63, 3.8) is 0 Å². The fraction of sp³-hybridized carbons (Fsp3) is 0.219. The topological polar surface area (TPSA) is 107 Å². The van der Waals surface area contributed by atoms with Gasteiger partial charge in [-0.1, -0.05) is 24.3 Å². The normalized spacial score (nSPS) is 18.0. The molecule has 4 heterocycles. The number of piperazine rings is 1. The van der Waals surface area contributed by atoms with E-state index in [4.69, 9.17) is 5.26 Å². The first-order valence-electron chi connectivity index (χ1n) is 14.0. The zero-order valence-electron chi connectivity index (χ0n) is 23.3. The molecule has 0 amide bonds. The van der Waals surface area contributed by atoms with Crippen LogP contribution in [0, 0.1) is 17.1 Å². The van der Waals surface area contributed by atoms with Crippen LogP contribution >= 0.6 is 0 Å². The van der Waals surface area contributed by atoms with E-state index in [1.807, 2.05) is 48.5 Å². The number of halogens is 3. The lowest BCUT2D eigenvalue weighted by atomic mass is 9.80. The van der Waals surface area contributed by atoms with E-state index in [1.54, 1.807) is 6.07 Å². The SMILES string of the molecule is N#Cc1ccc(N2CCN(c3ccc(-c4ccc(C(F)(F)[C@]5(O)Cn6nnnc6-c6cc(F)ccc65)nc4)cc3)CC2)cc1. The highest BCUT2D eigenvalue weighted by Gasteiger charge is 2.59. The van der Waals surface area contributed by atoms with Gasteiger partial charge in [-0.05, 0) is 70.6 Å². The van der Waals surface area contributed by atoms with E-state index in [-0.39, 0.29) is 17.0 Å². The Hall–Kier alpha value is -5.28. The van der Waals surface area contributed by atoms with Crippen molar-refractivity contribution in [3.05, 3.63) is 108 Å². The fourth-order valence-electron chi connectivity index (χ4n) is 5.93. The Labute approximate surface area is 250 Å². The van der Waals surface area contributed by atoms with Crippen LogP contribution in [0.4, 0.5) is 24.5 Å². The average Bonchev–Trinajstić information content (AvgIpc) is 3.53. The molecular formula is C32H25F3N8O. The van der Waals surface area contributed by atoms with Crippen molar-refractivity contribution in [2.45, 2.75) is 18.1 Å². The van der Waals surface area contributed by atoms with Gasteiger partial charge in [0, 0.05) is 60.4 Å². The number of tetrazole rings is 1. The van der Waals surface area contributed by atoms with Gasteiger partial charge in [-0.15, -0.1) is 5.10 Å². The summed E-state index contributed by atoms with van der Waals surface area (Å²) in [5, 5.41) is 31.5. The first kappa shape index (κ1) is 27.5. The predicted octanol–water partition coefficient (Wildman–Crippen LogP) is 4.73. The molecular weight excluding hydrogens is 569 g/mol. The third-order valence-electron chi connectivity index (χ3n) is 8.39. The van der Waals surface area contributed by atoms with Crippen LogP contribution in [0.5, 0.6) is 0 Å². The minimum Gasteiger partial charge on any atom is -0.377 e. The van der Waals surface area contributed by atoms with Crippen LogP contribution in [-0.4, -0.2) is 56.5 Å². The number of aliphatic hydroxyl groups is 1. The third kappa shape index (κ3) is 4.53. The maximum Gasteiger partial charge on any atom is 0.323 e. The van der Waals surface area contributed by atoms with Gasteiger partial charge in [0.2, 0.25) is 0 Å². The molecule has 1 N–H and O–H groups in total. The Morgan fingerprint density at radius 1 is 0.841 bits per heavy atom. The van der Waals surface area contributed by atoms with E-state index in [1.165, 1.54) is 12.3 Å². The molecule has 3 aromatic carbocycles. The molecule has 1 fully saturated rings. The Morgan fingerprint density at radius 2 is 1.48 bits per heavy atom. The molecule has 0 unspecified atom stereocenters. The van der Waals surface area contributed by atoms with E-state index in [2.05, 4.69) is 36.4 Å². The Balaban J connectivity index is 1.07. The Bertz CT molecular complexity index is 1860. The summed E-state index contributed by atoms with van der Waals surface area (Å²) < 4.78 is 47.2. The van der Waals surface area contributed by atoms with Gasteiger partial charge in [0.05, 0.1) is 18.2 Å². The number of alkyl halides is 2. The van der Waals surface area contributed by atoms with Crippen molar-refractivity contribution in [3.8, 4) is 28.6 Å². The van der Waals surface area contributed by atoms with Gasteiger partial charge in [0.15, 0.2) is 11.4 Å². The van der Waals surface area contributed by atoms with Crippen molar-refractivity contribution in [1.82, 2.24) is 25.2 Å². The summed E-state index contributed by atoms with van der Waals surface area (Å²) in [4.78, 5) is 8.64. The van der Waals surface area contributed by atoms with Crippen LogP contribution in [0.15, 0.2) is 85.1 Å². The summed E-state index contributed by atoms with van der Waals surface area (Å²) >= 11 is 0. The lowest BCUT2D eigenvalue weighted by Crippen LogP contribution is -2.49. The van der Waals surface area contributed by atoms with Crippen LogP contribution < -0.4 is 9.80 Å². The molecule has 7 rings (SSSR count). The quantitative estimate of drug-likeness (QED) is 0.311. The minimum atomic E-state index is -3.86. The molecule has 0 aliphatic carbocycles. The lowest BCUT2D eigenvalue weighted by molar-refractivity contribution is -0.207. The molecule has 5 aromatic rings. The number of hydrogen-bond donors (Lipinski definition) is 1. The molecule has 9 nitrogen and oxygen atoms in total. The molecule has 12 heteroatoms. The summed E-state index contributed by atoms with van der Waals surface area (Å²) in [6, 6.07) is 23.5. The first-order valence-corrected chi connectivity index (χ1v) is 14.0. The second-order valence-electron chi connectivity index (χ2n) is 10.9. The van der Waals surface area contributed by atoms with Gasteiger partial charge in [-0.3, -0.25) is 4.98 Å². The number of rotatable bonds is 5. The number of nitrogens with zero attached hydrogens (tertiary/aromatic N) is 8. The molecule has 0 bridgehead atoms. The highest BCUT2D eigenvalue weighted by Crippen LogP contribution is 2.50. The Kier molecular flexibility index (Phi) is 6.55. The standard InChI is InChI=1S/C32H25F3N8O/c33-24-6-11-28-27(17-24)30-38-39-40-43(30)20-31(28,44)32(34,35)29-12-5-23(19-37-29)22-3-9-26(10-4-22)42-15-13-41(14-16-42)25-7-1-21(18-36)2-8-25/h1-12,17,19,44H,13-16,20H2/t31-/m0/s1. The third-order valence-corrected chi connectivity index (χ3v) is 8.39. The predicted molar refractivity (Wildman–Crippen MR) is 156 cm³/mol. The number of aromatic nitrogens is 5. The molecule has 1 saturated heterocycles. The summed E-state index contributed by atoms with van der Waals surface area (Å²) in [6.45, 7) is 2.71. The van der Waals surface area contributed by atoms with Crippen molar-refractivity contribution in [2.24, 2.45) is 0 Å². The van der Waals surface area contributed by atoms with Crippen molar-refractivity contribution in [1.29, 1.82) is 5.26 Å². The summed E-state index contributed by atoms with van der Waals surface area (Å²) in [5.41, 5.74) is 0.660. The number of fused-ring (bicyclic) bond motifs is 3. The number of pyridine rings is 1. The molecule has 2 aliphatic heterocycles. The minimum absolute atomic E-state index is 0.00389. The van der Waals surface area contributed by atoms with E-state index in [9.17, 15) is 9.50 Å². The fourth-order valence-corrected chi connectivity index (χ4v) is 5.93. The van der Waals surface area contributed by atoms with Crippen molar-refractivity contribution >= 4 is 11.4 Å². The molecule has 0 saturated carbocycles. The zero-order chi connectivity index (χ0) is 30.5. The van der Waals surface area contributed by atoms with Crippen LogP contribution in [0.1, 0.15) is 16.8 Å². The highest BCUT2D eigenvalue weighted by molar-refractivity contribution is 5.67. The summed E-state index contributed by atoms with van der Waals surface area (Å²) in [7, 11) is 0. The van der Waals surface area contributed by atoms with Crippen molar-refractivity contribution in [2.75, 3.05) is 36.0 Å². The van der Waals surface area contributed by atoms with Crippen LogP contribution in [0.2, 0.25) is 0 Å². The summed E-state index contributed by atoms with van der Waals surface area (Å²) in [5.74, 6) is -4.42.